The Morgan fingerprint density at radius 3 is 2.52 bits per heavy atom. The number of alkyl halides is 1. The van der Waals surface area contributed by atoms with Gasteiger partial charge in [-0.05, 0) is 48.3 Å². The van der Waals surface area contributed by atoms with Crippen LogP contribution in [0.5, 0.6) is 0 Å². The molecule has 2 atom stereocenters. The van der Waals surface area contributed by atoms with E-state index in [0.717, 1.165) is 36.3 Å². The lowest BCUT2D eigenvalue weighted by Gasteiger charge is -2.11. The summed E-state index contributed by atoms with van der Waals surface area (Å²) in [7, 11) is 1.36. The molecule has 1 heterocycles. The predicted octanol–water partition coefficient (Wildman–Crippen LogP) is 5.14. The third kappa shape index (κ3) is 5.51. The number of ether oxygens (including phenoxy) is 1. The molecule has 25 heavy (non-hydrogen) atoms. The van der Waals surface area contributed by atoms with Crippen LogP contribution in [-0.2, 0) is 17.0 Å². The van der Waals surface area contributed by atoms with Crippen molar-refractivity contribution in [3.63, 3.8) is 0 Å². The zero-order valence-electron chi connectivity index (χ0n) is 14.8. The molecule has 0 aliphatic carbocycles. The van der Waals surface area contributed by atoms with Gasteiger partial charge in [0.1, 0.15) is 5.76 Å². The van der Waals surface area contributed by atoms with E-state index in [9.17, 15) is 4.79 Å². The van der Waals surface area contributed by atoms with Crippen molar-refractivity contribution in [3.8, 4) is 11.5 Å². The van der Waals surface area contributed by atoms with Gasteiger partial charge in [0, 0.05) is 12.0 Å². The summed E-state index contributed by atoms with van der Waals surface area (Å²) < 4.78 is 10.7. The molecule has 0 amide bonds. The first-order valence-corrected chi connectivity index (χ1v) is 9.41. The number of methoxy groups -OCH3 is 1. The zero-order valence-corrected chi connectivity index (χ0v) is 16.4. The van der Waals surface area contributed by atoms with Crippen molar-refractivity contribution >= 4 is 30.2 Å². The van der Waals surface area contributed by atoms with E-state index >= 15 is 0 Å². The fourth-order valence-corrected chi connectivity index (χ4v) is 2.94. The van der Waals surface area contributed by atoms with E-state index in [1.165, 1.54) is 7.11 Å². The molecule has 2 aromatic rings. The first-order valence-electron chi connectivity index (χ1n) is 8.36. The van der Waals surface area contributed by atoms with E-state index in [4.69, 9.17) is 20.8 Å². The summed E-state index contributed by atoms with van der Waals surface area (Å²) in [6, 6.07) is 6.99. The number of benzene rings is 1. The third-order valence-corrected chi connectivity index (χ3v) is 4.58. The molecule has 0 saturated heterocycles. The van der Waals surface area contributed by atoms with Gasteiger partial charge in [0.2, 0.25) is 5.89 Å². The Balaban J connectivity index is 2.15. The van der Waals surface area contributed by atoms with Gasteiger partial charge < -0.3 is 9.15 Å². The molecular formula is C19H24ClNO3S. The number of thiol groups is 1. The van der Waals surface area contributed by atoms with Gasteiger partial charge in [0.05, 0.1) is 24.2 Å². The predicted molar refractivity (Wildman–Crippen MR) is 103 cm³/mol. The topological polar surface area (TPSA) is 52.3 Å². The first-order chi connectivity index (χ1) is 11.9. The van der Waals surface area contributed by atoms with Crippen molar-refractivity contribution in [1.82, 2.24) is 4.98 Å². The van der Waals surface area contributed by atoms with E-state index in [-0.39, 0.29) is 5.97 Å². The average Bonchev–Trinajstić information content (AvgIpc) is 3.02. The van der Waals surface area contributed by atoms with Crippen LogP contribution in [0.15, 0.2) is 28.7 Å². The minimum Gasteiger partial charge on any atom is -0.465 e. The van der Waals surface area contributed by atoms with Crippen LogP contribution in [0.1, 0.15) is 48.5 Å². The minimum absolute atomic E-state index is 0.314. The monoisotopic (exact) mass is 381 g/mol. The van der Waals surface area contributed by atoms with Gasteiger partial charge >= 0.3 is 5.97 Å². The number of aromatic nitrogens is 1. The van der Waals surface area contributed by atoms with Gasteiger partial charge in [0.25, 0.3) is 0 Å². The van der Waals surface area contributed by atoms with Crippen molar-refractivity contribution in [2.24, 2.45) is 5.92 Å². The van der Waals surface area contributed by atoms with E-state index in [0.29, 0.717) is 28.5 Å². The molecule has 0 aliphatic heterocycles. The molecular weight excluding hydrogens is 358 g/mol. The Kier molecular flexibility index (Phi) is 7.38. The second-order valence-corrected chi connectivity index (χ2v) is 7.48. The van der Waals surface area contributed by atoms with Crippen molar-refractivity contribution in [2.75, 3.05) is 7.11 Å². The van der Waals surface area contributed by atoms with E-state index in [1.54, 1.807) is 24.3 Å². The summed E-state index contributed by atoms with van der Waals surface area (Å²) in [6.45, 7) is 4.30. The number of carbonyl (C=O) groups excluding carboxylic acids is 1. The Labute approximate surface area is 159 Å². The summed E-state index contributed by atoms with van der Waals surface area (Å²) in [5.74, 6) is 1.78. The molecule has 0 fully saturated rings. The van der Waals surface area contributed by atoms with E-state index < -0.39 is 0 Å². The highest BCUT2D eigenvalue weighted by atomic mass is 35.5. The minimum atomic E-state index is -0.367. The van der Waals surface area contributed by atoms with E-state index in [1.807, 2.05) is 0 Å². The second-order valence-electron chi connectivity index (χ2n) is 6.33. The quantitative estimate of drug-likeness (QED) is 0.390. The maximum absolute atomic E-state index is 11.5. The summed E-state index contributed by atoms with van der Waals surface area (Å²) >= 11 is 10.5. The Bertz CT molecular complexity index is 697. The van der Waals surface area contributed by atoms with Gasteiger partial charge in [-0.25, -0.2) is 9.78 Å². The molecule has 0 aliphatic rings. The standard InChI is InChI=1S/C19H24ClNO3S/c1-12(4-5-13(2)25)10-17-16(11-20)21-18(24-17)14-6-8-15(9-7-14)19(22)23-3/h6-9,12-13,25H,4-5,10-11H2,1-3H3. The van der Waals surface area contributed by atoms with Gasteiger partial charge in [-0.1, -0.05) is 13.8 Å². The van der Waals surface area contributed by atoms with Crippen molar-refractivity contribution in [2.45, 2.75) is 44.2 Å². The van der Waals surface area contributed by atoms with Crippen LogP contribution in [0, 0.1) is 5.92 Å². The van der Waals surface area contributed by atoms with Crippen LogP contribution in [0.4, 0.5) is 0 Å². The van der Waals surface area contributed by atoms with Crippen molar-refractivity contribution < 1.29 is 13.9 Å². The summed E-state index contributed by atoms with van der Waals surface area (Å²) in [5.41, 5.74) is 2.08. The summed E-state index contributed by atoms with van der Waals surface area (Å²) in [6.07, 6.45) is 2.95. The molecule has 0 N–H and O–H groups in total. The number of hydrogen-bond donors (Lipinski definition) is 1. The van der Waals surface area contributed by atoms with E-state index in [2.05, 4.69) is 31.5 Å². The molecule has 1 aromatic heterocycles. The second kappa shape index (κ2) is 9.30. The maximum Gasteiger partial charge on any atom is 0.337 e. The Morgan fingerprint density at radius 1 is 1.28 bits per heavy atom. The molecule has 0 spiro atoms. The number of esters is 1. The highest BCUT2D eigenvalue weighted by Gasteiger charge is 2.17. The molecule has 1 aromatic carbocycles. The largest absolute Gasteiger partial charge is 0.465 e. The first kappa shape index (κ1) is 19.9. The molecule has 2 rings (SSSR count). The maximum atomic E-state index is 11.5. The Morgan fingerprint density at radius 2 is 1.96 bits per heavy atom. The molecule has 4 nitrogen and oxygen atoms in total. The van der Waals surface area contributed by atoms with Gasteiger partial charge in [-0.2, -0.15) is 12.6 Å². The SMILES string of the molecule is COC(=O)c1ccc(-c2nc(CCl)c(CC(C)CCC(C)S)o2)cc1. The van der Waals surface area contributed by atoms with Crippen LogP contribution >= 0.6 is 24.2 Å². The Hall–Kier alpha value is -1.46. The third-order valence-electron chi connectivity index (χ3n) is 4.07. The lowest BCUT2D eigenvalue weighted by Crippen LogP contribution is -2.03. The lowest BCUT2D eigenvalue weighted by molar-refractivity contribution is 0.0600. The molecule has 2 unspecified atom stereocenters. The van der Waals surface area contributed by atoms with Crippen LogP contribution in [-0.4, -0.2) is 23.3 Å². The number of rotatable bonds is 8. The van der Waals surface area contributed by atoms with Crippen LogP contribution < -0.4 is 0 Å². The number of carbonyl (C=O) groups is 1. The smallest absolute Gasteiger partial charge is 0.337 e. The molecule has 0 bridgehead atoms. The molecule has 6 heteroatoms. The fraction of sp³-hybridized carbons (Fsp3) is 0.474. The number of oxazole rings is 1. The molecule has 136 valence electrons. The number of hydrogen-bond acceptors (Lipinski definition) is 5. The molecule has 0 radical (unpaired) electrons. The lowest BCUT2D eigenvalue weighted by atomic mass is 9.99. The average molecular weight is 382 g/mol. The normalized spacial score (nSPS) is 13.5. The van der Waals surface area contributed by atoms with Crippen molar-refractivity contribution in [1.29, 1.82) is 0 Å². The van der Waals surface area contributed by atoms with Crippen molar-refractivity contribution in [3.05, 3.63) is 41.3 Å². The van der Waals surface area contributed by atoms with Crippen LogP contribution in [0.2, 0.25) is 0 Å². The highest BCUT2D eigenvalue weighted by Crippen LogP contribution is 2.27. The highest BCUT2D eigenvalue weighted by molar-refractivity contribution is 7.80. The van der Waals surface area contributed by atoms with Gasteiger partial charge in [0.15, 0.2) is 0 Å². The van der Waals surface area contributed by atoms with Crippen LogP contribution in [0.25, 0.3) is 11.5 Å². The number of halogens is 1. The van der Waals surface area contributed by atoms with Gasteiger partial charge in [-0.15, -0.1) is 11.6 Å². The summed E-state index contributed by atoms with van der Waals surface area (Å²) in [4.78, 5) is 16.0. The zero-order chi connectivity index (χ0) is 18.4. The number of nitrogens with zero attached hydrogens (tertiary/aromatic N) is 1. The van der Waals surface area contributed by atoms with Gasteiger partial charge in [-0.3, -0.25) is 0 Å². The van der Waals surface area contributed by atoms with Crippen LogP contribution in [0.3, 0.4) is 0 Å². The molecule has 0 saturated carbocycles. The fourth-order valence-electron chi connectivity index (χ4n) is 2.58. The summed E-state index contributed by atoms with van der Waals surface area (Å²) in [5, 5.41) is 0.397.